The quantitative estimate of drug-likeness (QED) is 0.712. The minimum absolute atomic E-state index is 0.219. The molecule has 2 amide bonds. The Hall–Kier alpha value is -2.24. The third-order valence-electron chi connectivity index (χ3n) is 2.19. The maximum atomic E-state index is 11.2. The number of carbonyl (C=O) groups excluding carboxylic acids is 2. The largest absolute Gasteiger partial charge is 0.465 e. The summed E-state index contributed by atoms with van der Waals surface area (Å²) in [5.41, 5.74) is 1.09. The second-order valence-corrected chi connectivity index (χ2v) is 3.13. The van der Waals surface area contributed by atoms with Crippen molar-refractivity contribution in [2.24, 2.45) is 10.2 Å². The van der Waals surface area contributed by atoms with E-state index in [-0.39, 0.29) is 6.67 Å². The summed E-state index contributed by atoms with van der Waals surface area (Å²) in [4.78, 5) is 23.8. The fraction of sp³-hybridized carbons (Fsp3) is 0.200. The standard InChI is InChI=1S/C10H9N3O3/c1-16-9(14)7-2-4-8(5-3-7)13-6-11-12-10(13)15/h2-5H,6H2,1H3. The number of anilines is 1. The molecule has 1 aromatic carbocycles. The van der Waals surface area contributed by atoms with E-state index in [1.165, 1.54) is 12.0 Å². The van der Waals surface area contributed by atoms with Gasteiger partial charge < -0.3 is 4.74 Å². The summed E-state index contributed by atoms with van der Waals surface area (Å²) in [6.45, 7) is 0.219. The molecule has 0 aliphatic carbocycles. The number of carbonyl (C=O) groups is 2. The number of esters is 1. The number of urea groups is 1. The Labute approximate surface area is 91.5 Å². The number of nitrogens with zero attached hydrogens (tertiary/aromatic N) is 3. The molecule has 0 radical (unpaired) electrons. The number of amides is 2. The molecule has 0 spiro atoms. The first kappa shape index (κ1) is 10.3. The van der Waals surface area contributed by atoms with Crippen LogP contribution in [0.2, 0.25) is 0 Å². The highest BCUT2D eigenvalue weighted by Gasteiger charge is 2.19. The second-order valence-electron chi connectivity index (χ2n) is 3.13. The van der Waals surface area contributed by atoms with E-state index in [0.717, 1.165) is 0 Å². The minimum atomic E-state index is -0.409. The van der Waals surface area contributed by atoms with Crippen molar-refractivity contribution < 1.29 is 14.3 Å². The van der Waals surface area contributed by atoms with Crippen molar-refractivity contribution in [3.8, 4) is 0 Å². The van der Waals surface area contributed by atoms with Gasteiger partial charge in [-0.15, -0.1) is 0 Å². The van der Waals surface area contributed by atoms with Crippen molar-refractivity contribution in [1.82, 2.24) is 0 Å². The molecule has 0 aromatic heterocycles. The SMILES string of the molecule is COC(=O)c1ccc(N2CN=NC2=O)cc1. The fourth-order valence-electron chi connectivity index (χ4n) is 1.36. The summed E-state index contributed by atoms with van der Waals surface area (Å²) in [6.07, 6.45) is 0. The number of rotatable bonds is 2. The summed E-state index contributed by atoms with van der Waals surface area (Å²) in [7, 11) is 1.32. The van der Waals surface area contributed by atoms with Gasteiger partial charge in [0.05, 0.1) is 12.7 Å². The molecular formula is C10H9N3O3. The average molecular weight is 219 g/mol. The van der Waals surface area contributed by atoms with E-state index >= 15 is 0 Å². The van der Waals surface area contributed by atoms with Crippen LogP contribution in [0.3, 0.4) is 0 Å². The van der Waals surface area contributed by atoms with Crippen LogP contribution in [0.25, 0.3) is 0 Å². The highest BCUT2D eigenvalue weighted by Crippen LogP contribution is 2.19. The fourth-order valence-corrected chi connectivity index (χ4v) is 1.36. The summed E-state index contributed by atoms with van der Waals surface area (Å²) in [5, 5.41) is 6.99. The average Bonchev–Trinajstić information content (AvgIpc) is 2.75. The van der Waals surface area contributed by atoms with Gasteiger partial charge in [0, 0.05) is 5.69 Å². The molecule has 82 valence electrons. The first-order chi connectivity index (χ1) is 7.72. The van der Waals surface area contributed by atoms with E-state index in [2.05, 4.69) is 15.0 Å². The van der Waals surface area contributed by atoms with Crippen LogP contribution in [-0.2, 0) is 4.74 Å². The predicted octanol–water partition coefficient (Wildman–Crippen LogP) is 1.82. The van der Waals surface area contributed by atoms with E-state index in [0.29, 0.717) is 11.3 Å². The van der Waals surface area contributed by atoms with E-state index in [9.17, 15) is 9.59 Å². The molecule has 2 rings (SSSR count). The number of azo groups is 1. The van der Waals surface area contributed by atoms with Crippen molar-refractivity contribution >= 4 is 17.7 Å². The monoisotopic (exact) mass is 219 g/mol. The minimum Gasteiger partial charge on any atom is -0.465 e. The molecule has 0 saturated heterocycles. The molecule has 1 aliphatic heterocycles. The number of methoxy groups -OCH3 is 1. The van der Waals surface area contributed by atoms with Gasteiger partial charge in [0.2, 0.25) is 0 Å². The molecule has 0 fully saturated rings. The van der Waals surface area contributed by atoms with Crippen molar-refractivity contribution in [3.63, 3.8) is 0 Å². The molecule has 6 nitrogen and oxygen atoms in total. The van der Waals surface area contributed by atoms with Crippen LogP contribution in [0, 0.1) is 0 Å². The van der Waals surface area contributed by atoms with Gasteiger partial charge >= 0.3 is 12.0 Å². The molecule has 1 aromatic rings. The van der Waals surface area contributed by atoms with Gasteiger partial charge in [-0.2, -0.15) is 5.11 Å². The van der Waals surface area contributed by atoms with Crippen LogP contribution in [0.5, 0.6) is 0 Å². The number of hydrogen-bond acceptors (Lipinski definition) is 4. The molecule has 0 unspecified atom stereocenters. The molecule has 0 N–H and O–H groups in total. The molecule has 1 aliphatic rings. The maximum Gasteiger partial charge on any atom is 0.367 e. The molecule has 1 heterocycles. The first-order valence-corrected chi connectivity index (χ1v) is 4.60. The van der Waals surface area contributed by atoms with Gasteiger partial charge in [-0.1, -0.05) is 5.11 Å². The van der Waals surface area contributed by atoms with Crippen molar-refractivity contribution in [2.75, 3.05) is 18.7 Å². The zero-order valence-electron chi connectivity index (χ0n) is 8.58. The lowest BCUT2D eigenvalue weighted by molar-refractivity contribution is 0.0601. The zero-order valence-corrected chi connectivity index (χ0v) is 8.58. The van der Waals surface area contributed by atoms with Gasteiger partial charge in [-0.05, 0) is 24.3 Å². The zero-order chi connectivity index (χ0) is 11.5. The highest BCUT2D eigenvalue weighted by atomic mass is 16.5. The van der Waals surface area contributed by atoms with Gasteiger partial charge in [-0.25, -0.2) is 9.59 Å². The van der Waals surface area contributed by atoms with Gasteiger partial charge in [0.1, 0.15) is 6.67 Å². The van der Waals surface area contributed by atoms with Crippen molar-refractivity contribution in [3.05, 3.63) is 29.8 Å². The second kappa shape index (κ2) is 4.09. The summed E-state index contributed by atoms with van der Waals surface area (Å²) in [5.74, 6) is -0.409. The highest BCUT2D eigenvalue weighted by molar-refractivity contribution is 5.94. The molecule has 16 heavy (non-hydrogen) atoms. The lowest BCUT2D eigenvalue weighted by Crippen LogP contribution is -2.23. The lowest BCUT2D eigenvalue weighted by atomic mass is 10.2. The molecule has 0 saturated carbocycles. The smallest absolute Gasteiger partial charge is 0.367 e. The first-order valence-electron chi connectivity index (χ1n) is 4.60. The maximum absolute atomic E-state index is 11.2. The number of ether oxygens (including phenoxy) is 1. The molecule has 0 atom stereocenters. The Balaban J connectivity index is 2.19. The van der Waals surface area contributed by atoms with E-state index < -0.39 is 12.0 Å². The van der Waals surface area contributed by atoms with Crippen molar-refractivity contribution in [1.29, 1.82) is 0 Å². The third-order valence-corrected chi connectivity index (χ3v) is 2.19. The Morgan fingerprint density at radius 2 is 2.06 bits per heavy atom. The third kappa shape index (κ3) is 1.77. The Morgan fingerprint density at radius 3 is 2.56 bits per heavy atom. The molecule has 6 heteroatoms. The van der Waals surface area contributed by atoms with Crippen LogP contribution >= 0.6 is 0 Å². The van der Waals surface area contributed by atoms with E-state index in [4.69, 9.17) is 0 Å². The van der Waals surface area contributed by atoms with Crippen LogP contribution < -0.4 is 4.90 Å². The molecular weight excluding hydrogens is 210 g/mol. The predicted molar refractivity (Wildman–Crippen MR) is 55.4 cm³/mol. The number of hydrogen-bond donors (Lipinski definition) is 0. The number of benzene rings is 1. The normalized spacial score (nSPS) is 14.3. The summed E-state index contributed by atoms with van der Waals surface area (Å²) in [6, 6.07) is 6.09. The summed E-state index contributed by atoms with van der Waals surface area (Å²) >= 11 is 0. The Kier molecular flexibility index (Phi) is 2.63. The van der Waals surface area contributed by atoms with Gasteiger partial charge in [0.15, 0.2) is 0 Å². The molecule has 0 bridgehead atoms. The Morgan fingerprint density at radius 1 is 1.38 bits per heavy atom. The van der Waals surface area contributed by atoms with E-state index in [1.807, 2.05) is 0 Å². The van der Waals surface area contributed by atoms with Crippen molar-refractivity contribution in [2.45, 2.75) is 0 Å². The topological polar surface area (TPSA) is 71.3 Å². The van der Waals surface area contributed by atoms with Gasteiger partial charge in [0.25, 0.3) is 0 Å². The van der Waals surface area contributed by atoms with Crippen LogP contribution in [0.4, 0.5) is 10.5 Å². The van der Waals surface area contributed by atoms with Crippen LogP contribution in [0.1, 0.15) is 10.4 Å². The summed E-state index contributed by atoms with van der Waals surface area (Å²) < 4.78 is 4.57. The lowest BCUT2D eigenvalue weighted by Gasteiger charge is -2.12. The van der Waals surface area contributed by atoms with E-state index in [1.54, 1.807) is 24.3 Å². The van der Waals surface area contributed by atoms with Crippen LogP contribution in [-0.4, -0.2) is 25.8 Å². The van der Waals surface area contributed by atoms with Gasteiger partial charge in [-0.3, -0.25) is 4.90 Å². The Bertz CT molecular complexity index is 453. The van der Waals surface area contributed by atoms with Crippen LogP contribution in [0.15, 0.2) is 34.5 Å².